The van der Waals surface area contributed by atoms with Gasteiger partial charge in [-0.25, -0.2) is 9.97 Å². The predicted octanol–water partition coefficient (Wildman–Crippen LogP) is 3.88. The van der Waals surface area contributed by atoms with E-state index >= 15 is 0 Å². The number of carbonyl (C=O) groups excluding carboxylic acids is 1. The molecule has 1 aromatic carbocycles. The monoisotopic (exact) mass is 438 g/mol. The molecule has 2 aromatic heterocycles. The van der Waals surface area contributed by atoms with Crippen LogP contribution < -0.4 is 0 Å². The highest BCUT2D eigenvalue weighted by Gasteiger charge is 2.32. The molecule has 0 saturated heterocycles. The lowest BCUT2D eigenvalue weighted by Gasteiger charge is -2.07. The highest BCUT2D eigenvalue weighted by molar-refractivity contribution is 9.10. The molecule has 0 spiro atoms. The van der Waals surface area contributed by atoms with Crippen LogP contribution in [0.2, 0.25) is 0 Å². The summed E-state index contributed by atoms with van der Waals surface area (Å²) in [5.41, 5.74) is -0.820. The van der Waals surface area contributed by atoms with Crippen LogP contribution in [0.4, 0.5) is 13.2 Å². The van der Waals surface area contributed by atoms with Crippen LogP contribution in [0.25, 0.3) is 5.78 Å². The standard InChI is InChI=1S/C17H10BrF3N4O2/c1-2-12-13(15(27)8-3-9(5-22)14(26)11(18)4-8)24-16-23-6-10(7-25(12)16)17(19,20)21/h3-4,6-7,26H,2H2,1H3. The topological polar surface area (TPSA) is 91.3 Å². The van der Waals surface area contributed by atoms with Crippen LogP contribution in [0.15, 0.2) is 29.0 Å². The van der Waals surface area contributed by atoms with Gasteiger partial charge < -0.3 is 5.11 Å². The number of rotatable bonds is 3. The SMILES string of the molecule is CCc1c(C(=O)c2cc(Br)c(O)c(C#N)c2)nc2ncc(C(F)(F)F)cn12. The number of fused-ring (bicyclic) bond motifs is 1. The van der Waals surface area contributed by atoms with Gasteiger partial charge in [-0.15, -0.1) is 0 Å². The van der Waals surface area contributed by atoms with Gasteiger partial charge in [0.25, 0.3) is 0 Å². The third kappa shape index (κ3) is 3.26. The molecule has 0 aliphatic rings. The van der Waals surface area contributed by atoms with Crippen LogP contribution in [-0.2, 0) is 12.6 Å². The van der Waals surface area contributed by atoms with E-state index in [1.807, 2.05) is 0 Å². The molecule has 10 heteroatoms. The quantitative estimate of drug-likeness (QED) is 0.626. The van der Waals surface area contributed by atoms with Crippen molar-refractivity contribution in [3.8, 4) is 11.8 Å². The van der Waals surface area contributed by atoms with E-state index in [1.54, 1.807) is 13.0 Å². The fourth-order valence-electron chi connectivity index (χ4n) is 2.60. The Balaban J connectivity index is 2.18. The van der Waals surface area contributed by atoms with Crippen LogP contribution in [-0.4, -0.2) is 25.3 Å². The van der Waals surface area contributed by atoms with E-state index in [0.29, 0.717) is 6.20 Å². The first-order valence-electron chi connectivity index (χ1n) is 7.58. The lowest BCUT2D eigenvalue weighted by atomic mass is 10.0. The normalized spacial score (nSPS) is 11.6. The number of hydrogen-bond acceptors (Lipinski definition) is 5. The molecule has 6 nitrogen and oxygen atoms in total. The number of hydrogen-bond donors (Lipinski definition) is 1. The molecule has 1 N–H and O–H groups in total. The van der Waals surface area contributed by atoms with Gasteiger partial charge in [0.05, 0.1) is 21.3 Å². The van der Waals surface area contributed by atoms with Gasteiger partial charge in [0.2, 0.25) is 11.6 Å². The molecule has 0 aliphatic heterocycles. The van der Waals surface area contributed by atoms with Gasteiger partial charge >= 0.3 is 6.18 Å². The van der Waals surface area contributed by atoms with Crippen molar-refractivity contribution in [1.82, 2.24) is 14.4 Å². The summed E-state index contributed by atoms with van der Waals surface area (Å²) in [5, 5.41) is 18.8. The lowest BCUT2D eigenvalue weighted by molar-refractivity contribution is -0.138. The summed E-state index contributed by atoms with van der Waals surface area (Å²) < 4.78 is 40.1. The summed E-state index contributed by atoms with van der Waals surface area (Å²) in [6.07, 6.45) is -2.85. The number of aryl methyl sites for hydroxylation is 1. The number of aromatic nitrogens is 3. The number of nitriles is 1. The molecule has 0 atom stereocenters. The molecule has 27 heavy (non-hydrogen) atoms. The Bertz CT molecular complexity index is 1120. The van der Waals surface area contributed by atoms with E-state index in [1.165, 1.54) is 12.1 Å². The maximum absolute atomic E-state index is 12.9. The summed E-state index contributed by atoms with van der Waals surface area (Å²) in [5.74, 6) is -0.944. The van der Waals surface area contributed by atoms with Crippen molar-refractivity contribution in [2.75, 3.05) is 0 Å². The van der Waals surface area contributed by atoms with Crippen molar-refractivity contribution in [2.24, 2.45) is 0 Å². The molecular weight excluding hydrogens is 429 g/mol. The minimum absolute atomic E-state index is 0.0402. The number of imidazole rings is 1. The van der Waals surface area contributed by atoms with Gasteiger partial charge in [0.1, 0.15) is 17.5 Å². The molecule has 0 bridgehead atoms. The number of halogens is 4. The maximum Gasteiger partial charge on any atom is 0.419 e. The van der Waals surface area contributed by atoms with Gasteiger partial charge in [0, 0.05) is 18.0 Å². The molecule has 0 amide bonds. The first-order chi connectivity index (χ1) is 12.7. The van der Waals surface area contributed by atoms with E-state index in [-0.39, 0.29) is 44.9 Å². The molecule has 0 unspecified atom stereocenters. The average molecular weight is 439 g/mol. The van der Waals surface area contributed by atoms with Crippen LogP contribution in [0.5, 0.6) is 5.75 Å². The zero-order chi connectivity index (χ0) is 19.9. The Labute approximate surface area is 159 Å². The molecule has 0 saturated carbocycles. The van der Waals surface area contributed by atoms with Gasteiger partial charge in [-0.2, -0.15) is 18.4 Å². The van der Waals surface area contributed by atoms with E-state index in [0.717, 1.165) is 10.6 Å². The van der Waals surface area contributed by atoms with Gasteiger partial charge in [-0.05, 0) is 34.5 Å². The van der Waals surface area contributed by atoms with E-state index in [4.69, 9.17) is 5.26 Å². The Morgan fingerprint density at radius 3 is 2.70 bits per heavy atom. The van der Waals surface area contributed by atoms with Crippen molar-refractivity contribution >= 4 is 27.5 Å². The molecule has 138 valence electrons. The average Bonchev–Trinajstić information content (AvgIpc) is 3.00. The molecular formula is C17H10BrF3N4O2. The molecule has 2 heterocycles. The van der Waals surface area contributed by atoms with Gasteiger partial charge in [-0.1, -0.05) is 6.92 Å². The number of nitrogens with zero attached hydrogens (tertiary/aromatic N) is 4. The smallest absolute Gasteiger partial charge is 0.419 e. The zero-order valence-electron chi connectivity index (χ0n) is 13.7. The van der Waals surface area contributed by atoms with E-state index < -0.39 is 17.5 Å². The third-order valence-electron chi connectivity index (χ3n) is 3.90. The third-order valence-corrected chi connectivity index (χ3v) is 4.51. The second kappa shape index (κ2) is 6.66. The number of phenols is 1. The Kier molecular flexibility index (Phi) is 4.65. The van der Waals surface area contributed by atoms with Gasteiger partial charge in [0.15, 0.2) is 0 Å². The van der Waals surface area contributed by atoms with E-state index in [2.05, 4.69) is 25.9 Å². The van der Waals surface area contributed by atoms with Crippen molar-refractivity contribution in [1.29, 1.82) is 5.26 Å². The Morgan fingerprint density at radius 1 is 1.41 bits per heavy atom. The van der Waals surface area contributed by atoms with Crippen LogP contribution in [0.1, 0.15) is 39.8 Å². The highest BCUT2D eigenvalue weighted by Crippen LogP contribution is 2.31. The molecule has 0 aliphatic carbocycles. The highest BCUT2D eigenvalue weighted by atomic mass is 79.9. The van der Waals surface area contributed by atoms with Crippen molar-refractivity contribution < 1.29 is 23.1 Å². The molecule has 0 fully saturated rings. The van der Waals surface area contributed by atoms with Crippen molar-refractivity contribution in [3.63, 3.8) is 0 Å². The Morgan fingerprint density at radius 2 is 2.11 bits per heavy atom. The van der Waals surface area contributed by atoms with E-state index in [9.17, 15) is 23.1 Å². The summed E-state index contributed by atoms with van der Waals surface area (Å²) in [6.45, 7) is 1.67. The minimum Gasteiger partial charge on any atom is -0.505 e. The number of aromatic hydroxyl groups is 1. The summed E-state index contributed by atoms with van der Waals surface area (Å²) >= 11 is 3.06. The second-order valence-electron chi connectivity index (χ2n) is 5.57. The number of phenolic OH excluding ortho intramolecular Hbond substituents is 1. The largest absolute Gasteiger partial charge is 0.505 e. The molecule has 3 rings (SSSR count). The minimum atomic E-state index is -4.58. The molecule has 0 radical (unpaired) electrons. The molecule has 3 aromatic rings. The first-order valence-corrected chi connectivity index (χ1v) is 8.38. The van der Waals surface area contributed by atoms with Crippen LogP contribution in [0.3, 0.4) is 0 Å². The van der Waals surface area contributed by atoms with Crippen molar-refractivity contribution in [2.45, 2.75) is 19.5 Å². The maximum atomic E-state index is 12.9. The Hall–Kier alpha value is -2.93. The summed E-state index contributed by atoms with van der Waals surface area (Å²) in [7, 11) is 0. The van der Waals surface area contributed by atoms with Crippen LogP contribution in [0, 0.1) is 11.3 Å². The lowest BCUT2D eigenvalue weighted by Crippen LogP contribution is -2.09. The predicted molar refractivity (Wildman–Crippen MR) is 91.3 cm³/mol. The fraction of sp³-hybridized carbons (Fsp3) is 0.176. The fourth-order valence-corrected chi connectivity index (χ4v) is 3.06. The van der Waals surface area contributed by atoms with Crippen molar-refractivity contribution in [3.05, 3.63) is 57.1 Å². The number of carbonyl (C=O) groups is 1. The van der Waals surface area contributed by atoms with Gasteiger partial charge in [-0.3, -0.25) is 9.20 Å². The number of alkyl halides is 3. The zero-order valence-corrected chi connectivity index (χ0v) is 15.3. The first kappa shape index (κ1) is 18.8. The number of benzene rings is 1. The summed E-state index contributed by atoms with van der Waals surface area (Å²) in [6, 6.07) is 4.28. The summed E-state index contributed by atoms with van der Waals surface area (Å²) in [4.78, 5) is 20.6. The van der Waals surface area contributed by atoms with Crippen LogP contribution >= 0.6 is 15.9 Å². The second-order valence-corrected chi connectivity index (χ2v) is 6.42. The number of ketones is 1.